The Balaban J connectivity index is 2.49. The predicted molar refractivity (Wildman–Crippen MR) is 73.4 cm³/mol. The zero-order chi connectivity index (χ0) is 15.4. The number of aromatic hydroxyl groups is 2. The highest BCUT2D eigenvalue weighted by Gasteiger charge is 2.17. The van der Waals surface area contributed by atoms with E-state index in [1.54, 1.807) is 12.1 Å². The van der Waals surface area contributed by atoms with Crippen molar-refractivity contribution in [3.63, 3.8) is 0 Å². The highest BCUT2D eigenvalue weighted by Crippen LogP contribution is 2.37. The Morgan fingerprint density at radius 3 is 2.81 bits per heavy atom. The molecule has 0 bridgehead atoms. The topological polar surface area (TPSA) is 112 Å². The smallest absolute Gasteiger partial charge is 0.307 e. The van der Waals surface area contributed by atoms with Crippen molar-refractivity contribution in [2.75, 3.05) is 7.11 Å². The third-order valence-electron chi connectivity index (χ3n) is 2.68. The summed E-state index contributed by atoms with van der Waals surface area (Å²) < 4.78 is 5.45. The Kier molecular flexibility index (Phi) is 4.13. The minimum Gasteiger partial charge on any atom is -0.508 e. The summed E-state index contributed by atoms with van der Waals surface area (Å²) in [4.78, 5) is 15.4. The number of phenols is 2. The van der Waals surface area contributed by atoms with E-state index in [9.17, 15) is 15.0 Å². The number of aliphatic carboxylic acids is 1. The lowest BCUT2D eigenvalue weighted by Crippen LogP contribution is -2.01. The summed E-state index contributed by atoms with van der Waals surface area (Å²) in [5, 5.41) is 31.9. The molecule has 0 aliphatic carbocycles. The summed E-state index contributed by atoms with van der Waals surface area (Å²) in [6.07, 6.45) is 0.970. The van der Waals surface area contributed by atoms with Crippen molar-refractivity contribution in [2.45, 2.75) is 6.42 Å². The summed E-state index contributed by atoms with van der Waals surface area (Å²) in [6, 6.07) is 5.55. The first kappa shape index (κ1) is 14.4. The van der Waals surface area contributed by atoms with E-state index in [1.807, 2.05) is 0 Å². The molecule has 3 N–H and O–H groups in total. The number of phenolic OH excluding ortho intramolecular Hbond substituents is 2. The van der Waals surface area contributed by atoms with Gasteiger partial charge in [0.25, 0.3) is 0 Å². The first-order chi connectivity index (χ1) is 10.0. The molecule has 0 fully saturated rings. The lowest BCUT2D eigenvalue weighted by molar-refractivity contribution is -0.136. The molecule has 1 heterocycles. The molecule has 0 aliphatic heterocycles. The van der Waals surface area contributed by atoms with Gasteiger partial charge in [-0.15, -0.1) is 0 Å². The number of oxime groups is 1. The fraction of sp³-hybridized carbons (Fsp3) is 0.143. The van der Waals surface area contributed by atoms with Gasteiger partial charge >= 0.3 is 5.97 Å². The van der Waals surface area contributed by atoms with Crippen molar-refractivity contribution in [3.8, 4) is 22.8 Å². The van der Waals surface area contributed by atoms with E-state index in [-0.39, 0.29) is 34.8 Å². The largest absolute Gasteiger partial charge is 0.508 e. The molecule has 2 aromatic rings. The van der Waals surface area contributed by atoms with Crippen LogP contribution in [0.25, 0.3) is 11.3 Å². The summed E-state index contributed by atoms with van der Waals surface area (Å²) in [6.45, 7) is 0. The van der Waals surface area contributed by atoms with Crippen molar-refractivity contribution in [1.29, 1.82) is 0 Å². The number of rotatable bonds is 5. The second-order valence-corrected chi connectivity index (χ2v) is 4.19. The molecule has 2 rings (SSSR count). The van der Waals surface area contributed by atoms with E-state index in [2.05, 4.69) is 9.99 Å². The second-order valence-electron chi connectivity index (χ2n) is 4.19. The highest BCUT2D eigenvalue weighted by atomic mass is 16.6. The second kappa shape index (κ2) is 6.00. The number of carboxylic acid groups (broad SMARTS) is 1. The average Bonchev–Trinajstić information content (AvgIpc) is 2.83. The number of furan rings is 1. The Morgan fingerprint density at radius 1 is 1.38 bits per heavy atom. The Morgan fingerprint density at radius 2 is 2.14 bits per heavy atom. The van der Waals surface area contributed by atoms with Crippen LogP contribution in [0.15, 0.2) is 33.8 Å². The first-order valence-corrected chi connectivity index (χ1v) is 5.94. The van der Waals surface area contributed by atoms with Gasteiger partial charge < -0.3 is 24.6 Å². The summed E-state index contributed by atoms with van der Waals surface area (Å²) in [5.41, 5.74) is 0.455. The number of hydrogen-bond donors (Lipinski definition) is 3. The van der Waals surface area contributed by atoms with Crippen LogP contribution in [0.3, 0.4) is 0 Å². The number of nitrogens with zero attached hydrogens (tertiary/aromatic N) is 1. The molecule has 0 unspecified atom stereocenters. The molecule has 0 aliphatic rings. The average molecular weight is 291 g/mol. The Bertz CT molecular complexity index is 689. The fourth-order valence-electron chi connectivity index (χ4n) is 1.92. The Hall–Kier alpha value is -2.96. The third kappa shape index (κ3) is 3.33. The molecular weight excluding hydrogens is 278 g/mol. The maximum Gasteiger partial charge on any atom is 0.307 e. The SMILES string of the molecule is CON=Cc1ccc(-c2c(O)cc(O)cc2CC(=O)O)o1. The van der Waals surface area contributed by atoms with Crippen LogP contribution in [0.1, 0.15) is 11.3 Å². The van der Waals surface area contributed by atoms with Gasteiger partial charge in [0.2, 0.25) is 0 Å². The van der Waals surface area contributed by atoms with Crippen LogP contribution in [-0.2, 0) is 16.1 Å². The molecule has 0 atom stereocenters. The van der Waals surface area contributed by atoms with E-state index < -0.39 is 5.97 Å². The fourth-order valence-corrected chi connectivity index (χ4v) is 1.92. The zero-order valence-corrected chi connectivity index (χ0v) is 11.1. The van der Waals surface area contributed by atoms with Gasteiger partial charge in [-0.05, 0) is 23.8 Å². The van der Waals surface area contributed by atoms with E-state index in [1.165, 1.54) is 19.4 Å². The van der Waals surface area contributed by atoms with Crippen LogP contribution < -0.4 is 0 Å². The highest BCUT2D eigenvalue weighted by molar-refractivity contribution is 5.81. The lowest BCUT2D eigenvalue weighted by atomic mass is 10.0. The molecule has 7 nitrogen and oxygen atoms in total. The maximum absolute atomic E-state index is 10.9. The quantitative estimate of drug-likeness (QED) is 0.573. The van der Waals surface area contributed by atoms with E-state index in [4.69, 9.17) is 9.52 Å². The lowest BCUT2D eigenvalue weighted by Gasteiger charge is -2.08. The van der Waals surface area contributed by atoms with Crippen LogP contribution in [0, 0.1) is 0 Å². The van der Waals surface area contributed by atoms with Crippen LogP contribution in [0.2, 0.25) is 0 Å². The monoisotopic (exact) mass is 291 g/mol. The van der Waals surface area contributed by atoms with Crippen molar-refractivity contribution >= 4 is 12.2 Å². The van der Waals surface area contributed by atoms with Gasteiger partial charge in [0.05, 0.1) is 12.0 Å². The van der Waals surface area contributed by atoms with E-state index in [0.29, 0.717) is 5.76 Å². The minimum absolute atomic E-state index is 0.215. The number of carboxylic acids is 1. The van der Waals surface area contributed by atoms with Crippen molar-refractivity contribution in [2.24, 2.45) is 5.16 Å². The molecule has 0 spiro atoms. The van der Waals surface area contributed by atoms with Gasteiger partial charge in [-0.3, -0.25) is 4.79 Å². The number of hydrogen-bond acceptors (Lipinski definition) is 6. The number of carbonyl (C=O) groups is 1. The molecule has 21 heavy (non-hydrogen) atoms. The molecule has 0 saturated heterocycles. The van der Waals surface area contributed by atoms with E-state index >= 15 is 0 Å². The minimum atomic E-state index is -1.09. The molecule has 0 amide bonds. The molecule has 0 radical (unpaired) electrons. The van der Waals surface area contributed by atoms with Crippen molar-refractivity contribution in [3.05, 3.63) is 35.6 Å². The molecule has 110 valence electrons. The molecule has 1 aromatic carbocycles. The molecule has 1 aromatic heterocycles. The third-order valence-corrected chi connectivity index (χ3v) is 2.68. The van der Waals surface area contributed by atoms with Gasteiger partial charge in [-0.1, -0.05) is 5.16 Å². The zero-order valence-electron chi connectivity index (χ0n) is 11.1. The Labute approximate surface area is 119 Å². The number of benzene rings is 1. The molecule has 0 saturated carbocycles. The molecule has 7 heteroatoms. The van der Waals surface area contributed by atoms with Crippen LogP contribution >= 0.6 is 0 Å². The van der Waals surface area contributed by atoms with Crippen LogP contribution in [-0.4, -0.2) is 34.6 Å². The van der Waals surface area contributed by atoms with Crippen LogP contribution in [0.4, 0.5) is 0 Å². The summed E-state index contributed by atoms with van der Waals surface area (Å²) in [5.74, 6) is -0.938. The van der Waals surface area contributed by atoms with Gasteiger partial charge in [0.15, 0.2) is 0 Å². The summed E-state index contributed by atoms with van der Waals surface area (Å²) in [7, 11) is 1.39. The van der Waals surface area contributed by atoms with Gasteiger partial charge in [0.1, 0.15) is 36.3 Å². The van der Waals surface area contributed by atoms with Gasteiger partial charge in [-0.25, -0.2) is 0 Å². The van der Waals surface area contributed by atoms with Gasteiger partial charge in [0, 0.05) is 6.07 Å². The van der Waals surface area contributed by atoms with E-state index in [0.717, 1.165) is 6.07 Å². The summed E-state index contributed by atoms with van der Waals surface area (Å²) >= 11 is 0. The predicted octanol–water partition coefficient (Wildman–Crippen LogP) is 1.97. The molecular formula is C14H13NO6. The van der Waals surface area contributed by atoms with Crippen molar-refractivity contribution in [1.82, 2.24) is 0 Å². The van der Waals surface area contributed by atoms with Gasteiger partial charge in [-0.2, -0.15) is 0 Å². The van der Waals surface area contributed by atoms with Crippen LogP contribution in [0.5, 0.6) is 11.5 Å². The standard InChI is InChI=1S/C14H13NO6/c1-20-15-7-10-2-3-12(21-10)14-8(5-13(18)19)4-9(16)6-11(14)17/h2-4,6-7,16-17H,5H2,1H3,(H,18,19). The van der Waals surface area contributed by atoms with Crippen molar-refractivity contribution < 1.29 is 29.4 Å². The normalized spacial score (nSPS) is 10.9. The first-order valence-electron chi connectivity index (χ1n) is 5.94. The maximum atomic E-state index is 10.9.